The first kappa shape index (κ1) is 18.9. The molecule has 1 atom stereocenters. The van der Waals surface area contributed by atoms with Gasteiger partial charge in [-0.1, -0.05) is 6.07 Å². The van der Waals surface area contributed by atoms with Gasteiger partial charge in [-0.25, -0.2) is 17.2 Å². The smallest absolute Gasteiger partial charge is 0.253 e. The van der Waals surface area contributed by atoms with Gasteiger partial charge in [0.2, 0.25) is 5.91 Å². The molecule has 1 aromatic heterocycles. The molecule has 26 heavy (non-hydrogen) atoms. The van der Waals surface area contributed by atoms with Gasteiger partial charge in [-0.3, -0.25) is 4.79 Å². The van der Waals surface area contributed by atoms with Crippen molar-refractivity contribution >= 4 is 27.3 Å². The Morgan fingerprint density at radius 1 is 1.31 bits per heavy atom. The van der Waals surface area contributed by atoms with Crippen LogP contribution < -0.4 is 5.32 Å². The first-order valence-corrected chi connectivity index (χ1v) is 10.3. The number of amides is 1. The van der Waals surface area contributed by atoms with Crippen LogP contribution in [0.1, 0.15) is 23.3 Å². The van der Waals surface area contributed by atoms with E-state index in [0.29, 0.717) is 12.8 Å². The first-order valence-electron chi connectivity index (χ1n) is 8.09. The van der Waals surface area contributed by atoms with Crippen molar-refractivity contribution in [3.05, 3.63) is 52.4 Å². The number of rotatable bonds is 5. The van der Waals surface area contributed by atoms with Gasteiger partial charge in [0.05, 0.1) is 0 Å². The normalized spacial score (nSPS) is 18.2. The molecule has 0 radical (unpaired) electrons. The van der Waals surface area contributed by atoms with E-state index in [-0.39, 0.29) is 22.9 Å². The van der Waals surface area contributed by atoms with Crippen LogP contribution in [0, 0.1) is 18.6 Å². The maximum Gasteiger partial charge on any atom is 0.253 e. The number of nitrogens with one attached hydrogen (secondary N) is 1. The highest BCUT2D eigenvalue weighted by molar-refractivity contribution is 7.91. The summed E-state index contributed by atoms with van der Waals surface area (Å²) in [6.45, 7) is 1.95. The van der Waals surface area contributed by atoms with E-state index < -0.39 is 33.6 Å². The third kappa shape index (κ3) is 3.79. The number of halogens is 2. The summed E-state index contributed by atoms with van der Waals surface area (Å²) >= 11 is 1.16. The molecule has 1 aromatic carbocycles. The van der Waals surface area contributed by atoms with Gasteiger partial charge in [0.1, 0.15) is 21.9 Å². The van der Waals surface area contributed by atoms with Crippen LogP contribution in [0.3, 0.4) is 0 Å². The van der Waals surface area contributed by atoms with Gasteiger partial charge >= 0.3 is 0 Å². The highest BCUT2D eigenvalue weighted by Gasteiger charge is 2.39. The van der Waals surface area contributed by atoms with Gasteiger partial charge in [-0.15, -0.1) is 11.3 Å². The lowest BCUT2D eigenvalue weighted by Gasteiger charge is -2.22. The van der Waals surface area contributed by atoms with E-state index in [2.05, 4.69) is 5.32 Å². The van der Waals surface area contributed by atoms with Crippen LogP contribution in [-0.2, 0) is 21.4 Å². The van der Waals surface area contributed by atoms with Crippen LogP contribution in [-0.4, -0.2) is 31.2 Å². The summed E-state index contributed by atoms with van der Waals surface area (Å²) in [6, 6.07) is 5.54. The lowest BCUT2D eigenvalue weighted by molar-refractivity contribution is -0.124. The Bertz CT molecular complexity index is 928. The molecule has 1 saturated heterocycles. The van der Waals surface area contributed by atoms with Crippen LogP contribution in [0.25, 0.3) is 0 Å². The zero-order valence-electron chi connectivity index (χ0n) is 14.0. The molecule has 5 nitrogen and oxygen atoms in total. The molecule has 1 aliphatic heterocycles. The van der Waals surface area contributed by atoms with Crippen LogP contribution in [0.15, 0.2) is 34.5 Å². The highest BCUT2D eigenvalue weighted by atomic mass is 32.2. The van der Waals surface area contributed by atoms with Crippen molar-refractivity contribution in [1.29, 1.82) is 0 Å². The number of thiophene rings is 1. The zero-order chi connectivity index (χ0) is 18.9. The maximum absolute atomic E-state index is 13.7. The van der Waals surface area contributed by atoms with Crippen molar-refractivity contribution < 1.29 is 22.0 Å². The van der Waals surface area contributed by atoms with Gasteiger partial charge in [0.25, 0.3) is 10.0 Å². The minimum absolute atomic E-state index is 0.132. The Hall–Kier alpha value is -1.84. The molecule has 140 valence electrons. The zero-order valence-corrected chi connectivity index (χ0v) is 15.7. The van der Waals surface area contributed by atoms with E-state index in [9.17, 15) is 22.0 Å². The summed E-state index contributed by atoms with van der Waals surface area (Å²) in [4.78, 5) is 13.4. The Kier molecular flexibility index (Phi) is 5.40. The number of benzene rings is 1. The van der Waals surface area contributed by atoms with Crippen LogP contribution in [0.2, 0.25) is 0 Å². The molecular weight excluding hydrogens is 382 g/mol. The standard InChI is InChI=1S/C17H18F2N2O3S2/c1-11-4-7-16(25-11)26(23,24)21-8-2-3-15(21)17(22)20-10-12-5-6-13(18)9-14(12)19/h4-7,9,15H,2-3,8,10H2,1H3,(H,20,22). The molecule has 1 N–H and O–H groups in total. The second-order valence-corrected chi connectivity index (χ2v) is 9.50. The van der Waals surface area contributed by atoms with Crippen LogP contribution >= 0.6 is 11.3 Å². The molecule has 1 aliphatic rings. The quantitative estimate of drug-likeness (QED) is 0.839. The summed E-state index contributed by atoms with van der Waals surface area (Å²) in [5, 5.41) is 2.56. The minimum Gasteiger partial charge on any atom is -0.351 e. The average Bonchev–Trinajstić information content (AvgIpc) is 3.23. The van der Waals surface area contributed by atoms with Gasteiger partial charge in [-0.05, 0) is 38.0 Å². The predicted molar refractivity (Wildman–Crippen MR) is 94.2 cm³/mol. The van der Waals surface area contributed by atoms with Gasteiger partial charge in [0.15, 0.2) is 0 Å². The van der Waals surface area contributed by atoms with E-state index in [1.807, 2.05) is 6.92 Å². The van der Waals surface area contributed by atoms with Crippen molar-refractivity contribution in [2.45, 2.75) is 36.6 Å². The molecule has 3 rings (SSSR count). The molecular formula is C17H18F2N2O3S2. The highest BCUT2D eigenvalue weighted by Crippen LogP contribution is 2.30. The fourth-order valence-electron chi connectivity index (χ4n) is 2.92. The Morgan fingerprint density at radius 3 is 2.73 bits per heavy atom. The molecule has 0 bridgehead atoms. The lowest BCUT2D eigenvalue weighted by Crippen LogP contribution is -2.45. The SMILES string of the molecule is Cc1ccc(S(=O)(=O)N2CCCC2C(=O)NCc2ccc(F)cc2F)s1. The number of sulfonamides is 1. The van der Waals surface area contributed by atoms with E-state index in [1.165, 1.54) is 16.4 Å². The van der Waals surface area contributed by atoms with E-state index >= 15 is 0 Å². The number of hydrogen-bond donors (Lipinski definition) is 1. The minimum atomic E-state index is -3.74. The molecule has 0 saturated carbocycles. The number of carbonyl (C=O) groups is 1. The first-order chi connectivity index (χ1) is 12.3. The molecule has 1 unspecified atom stereocenters. The number of aryl methyl sites for hydroxylation is 1. The molecule has 0 aliphatic carbocycles. The number of carbonyl (C=O) groups excluding carboxylic acids is 1. The molecule has 2 heterocycles. The fourth-order valence-corrected chi connectivity index (χ4v) is 5.99. The summed E-state index contributed by atoms with van der Waals surface area (Å²) in [5.74, 6) is -1.93. The molecule has 2 aromatic rings. The van der Waals surface area contributed by atoms with E-state index in [0.717, 1.165) is 28.3 Å². The predicted octanol–water partition coefficient (Wildman–Crippen LogP) is 2.80. The summed E-state index contributed by atoms with van der Waals surface area (Å²) in [6.07, 6.45) is 0.980. The van der Waals surface area contributed by atoms with Gasteiger partial charge < -0.3 is 5.32 Å². The van der Waals surface area contributed by atoms with Crippen molar-refractivity contribution in [3.63, 3.8) is 0 Å². The Labute approximate surface area is 154 Å². The molecule has 0 spiro atoms. The van der Waals surface area contributed by atoms with Gasteiger partial charge in [-0.2, -0.15) is 4.31 Å². The van der Waals surface area contributed by atoms with Gasteiger partial charge in [0, 0.05) is 29.6 Å². The summed E-state index contributed by atoms with van der Waals surface area (Å²) in [5.41, 5.74) is 0.140. The average molecular weight is 400 g/mol. The van der Waals surface area contributed by atoms with Crippen molar-refractivity contribution in [2.75, 3.05) is 6.54 Å². The van der Waals surface area contributed by atoms with Crippen LogP contribution in [0.4, 0.5) is 8.78 Å². The second-order valence-electron chi connectivity index (χ2n) is 6.09. The van der Waals surface area contributed by atoms with Crippen molar-refractivity contribution in [3.8, 4) is 0 Å². The van der Waals surface area contributed by atoms with Crippen molar-refractivity contribution in [1.82, 2.24) is 9.62 Å². The van der Waals surface area contributed by atoms with Crippen molar-refractivity contribution in [2.24, 2.45) is 0 Å². The van der Waals surface area contributed by atoms with E-state index in [1.54, 1.807) is 6.07 Å². The maximum atomic E-state index is 13.7. The Balaban J connectivity index is 1.72. The third-order valence-electron chi connectivity index (χ3n) is 4.25. The topological polar surface area (TPSA) is 66.5 Å². The molecule has 1 fully saturated rings. The number of nitrogens with zero attached hydrogens (tertiary/aromatic N) is 1. The third-order valence-corrected chi connectivity index (χ3v) is 7.63. The Morgan fingerprint density at radius 2 is 2.08 bits per heavy atom. The summed E-state index contributed by atoms with van der Waals surface area (Å²) in [7, 11) is -3.74. The largest absolute Gasteiger partial charge is 0.351 e. The molecule has 1 amide bonds. The number of hydrogen-bond acceptors (Lipinski definition) is 4. The fraction of sp³-hybridized carbons (Fsp3) is 0.353. The van der Waals surface area contributed by atoms with Crippen LogP contribution in [0.5, 0.6) is 0 Å². The lowest BCUT2D eigenvalue weighted by atomic mass is 10.2. The second kappa shape index (κ2) is 7.42. The molecule has 9 heteroatoms. The summed E-state index contributed by atoms with van der Waals surface area (Å²) < 4.78 is 53.6. The van der Waals surface area contributed by atoms with E-state index in [4.69, 9.17) is 0 Å². The monoisotopic (exact) mass is 400 g/mol.